The fourth-order valence-corrected chi connectivity index (χ4v) is 2.50. The first kappa shape index (κ1) is 13.7. The van der Waals surface area contributed by atoms with Crippen molar-refractivity contribution in [2.75, 3.05) is 13.9 Å². The third-order valence-electron chi connectivity index (χ3n) is 3.67. The van der Waals surface area contributed by atoms with Crippen LogP contribution in [0.4, 0.5) is 0 Å². The summed E-state index contributed by atoms with van der Waals surface area (Å²) in [7, 11) is 1.59. The van der Waals surface area contributed by atoms with Gasteiger partial charge in [-0.2, -0.15) is 5.10 Å². The second-order valence-corrected chi connectivity index (χ2v) is 5.14. The molecule has 1 aromatic carbocycles. The Morgan fingerprint density at radius 2 is 2.22 bits per heavy atom. The van der Waals surface area contributed by atoms with Crippen LogP contribution in [0.2, 0.25) is 0 Å². The monoisotopic (exact) mass is 313 g/mol. The zero-order valence-corrected chi connectivity index (χ0v) is 12.8. The molecule has 0 radical (unpaired) electrons. The number of hydrogen-bond donors (Lipinski definition) is 0. The van der Waals surface area contributed by atoms with E-state index in [-0.39, 0.29) is 6.79 Å². The molecule has 0 N–H and O–H groups in total. The minimum absolute atomic E-state index is 0.185. The van der Waals surface area contributed by atoms with Crippen LogP contribution in [0, 0.1) is 6.92 Å². The SMILES string of the molecule is COc1cc(-c2nc(Cn3cccn3)c(C)o2)cc2c1OCO2. The summed E-state index contributed by atoms with van der Waals surface area (Å²) < 4.78 is 23.8. The van der Waals surface area contributed by atoms with E-state index in [9.17, 15) is 0 Å². The number of methoxy groups -OCH3 is 1. The fraction of sp³-hybridized carbons (Fsp3) is 0.250. The van der Waals surface area contributed by atoms with Crippen LogP contribution in [0.15, 0.2) is 35.0 Å². The summed E-state index contributed by atoms with van der Waals surface area (Å²) in [5, 5.41) is 4.19. The molecule has 0 atom stereocenters. The number of hydrogen-bond acceptors (Lipinski definition) is 6. The van der Waals surface area contributed by atoms with Crippen LogP contribution in [0.3, 0.4) is 0 Å². The van der Waals surface area contributed by atoms with Gasteiger partial charge < -0.3 is 18.6 Å². The lowest BCUT2D eigenvalue weighted by atomic mass is 10.2. The zero-order chi connectivity index (χ0) is 15.8. The molecule has 0 spiro atoms. The molecule has 7 heteroatoms. The fourth-order valence-electron chi connectivity index (χ4n) is 2.50. The highest BCUT2D eigenvalue weighted by Gasteiger charge is 2.22. The topological polar surface area (TPSA) is 71.5 Å². The molecule has 1 aliphatic rings. The summed E-state index contributed by atoms with van der Waals surface area (Å²) in [5.41, 5.74) is 1.61. The number of fused-ring (bicyclic) bond motifs is 1. The van der Waals surface area contributed by atoms with Gasteiger partial charge >= 0.3 is 0 Å². The van der Waals surface area contributed by atoms with Gasteiger partial charge in [-0.25, -0.2) is 4.98 Å². The van der Waals surface area contributed by atoms with Crippen molar-refractivity contribution in [1.29, 1.82) is 0 Å². The second kappa shape index (κ2) is 5.35. The van der Waals surface area contributed by atoms with E-state index < -0.39 is 0 Å². The van der Waals surface area contributed by atoms with Crippen LogP contribution >= 0.6 is 0 Å². The van der Waals surface area contributed by atoms with E-state index in [0.29, 0.717) is 29.7 Å². The van der Waals surface area contributed by atoms with Gasteiger partial charge in [0.15, 0.2) is 11.5 Å². The van der Waals surface area contributed by atoms with Crippen LogP contribution in [0.1, 0.15) is 11.5 Å². The van der Waals surface area contributed by atoms with Crippen LogP contribution in [0.5, 0.6) is 17.2 Å². The quantitative estimate of drug-likeness (QED) is 0.737. The van der Waals surface area contributed by atoms with E-state index >= 15 is 0 Å². The van der Waals surface area contributed by atoms with E-state index in [2.05, 4.69) is 10.1 Å². The van der Waals surface area contributed by atoms with Crippen molar-refractivity contribution < 1.29 is 18.6 Å². The number of aryl methyl sites for hydroxylation is 1. The molecule has 1 aliphatic heterocycles. The maximum Gasteiger partial charge on any atom is 0.231 e. The standard InChI is InChI=1S/C16H15N3O4/c1-10-12(8-19-5-3-4-17-19)18-16(23-10)11-6-13(20-2)15-14(7-11)21-9-22-15/h3-7H,8-9H2,1-2H3. The Hall–Kier alpha value is -2.96. The molecule has 2 aromatic heterocycles. The Balaban J connectivity index is 1.71. The summed E-state index contributed by atoms with van der Waals surface area (Å²) in [6, 6.07) is 5.54. The maximum atomic E-state index is 5.80. The van der Waals surface area contributed by atoms with E-state index in [4.69, 9.17) is 18.6 Å². The second-order valence-electron chi connectivity index (χ2n) is 5.14. The molecule has 0 amide bonds. The minimum Gasteiger partial charge on any atom is -0.493 e. The molecule has 0 unspecified atom stereocenters. The molecular weight excluding hydrogens is 298 g/mol. The molecule has 7 nitrogen and oxygen atoms in total. The van der Waals surface area contributed by atoms with Crippen molar-refractivity contribution in [3.05, 3.63) is 42.0 Å². The van der Waals surface area contributed by atoms with Gasteiger partial charge in [0, 0.05) is 18.0 Å². The third-order valence-corrected chi connectivity index (χ3v) is 3.67. The van der Waals surface area contributed by atoms with Crippen molar-refractivity contribution >= 4 is 0 Å². The van der Waals surface area contributed by atoms with E-state index in [1.54, 1.807) is 18.0 Å². The number of aromatic nitrogens is 3. The number of benzene rings is 1. The normalized spacial score (nSPS) is 12.6. The van der Waals surface area contributed by atoms with Crippen molar-refractivity contribution in [2.24, 2.45) is 0 Å². The van der Waals surface area contributed by atoms with Crippen molar-refractivity contribution in [3.8, 4) is 28.7 Å². The van der Waals surface area contributed by atoms with Crippen molar-refractivity contribution in [1.82, 2.24) is 14.8 Å². The summed E-state index contributed by atoms with van der Waals surface area (Å²) >= 11 is 0. The number of ether oxygens (including phenoxy) is 3. The molecule has 23 heavy (non-hydrogen) atoms. The van der Waals surface area contributed by atoms with Gasteiger partial charge in [-0.15, -0.1) is 0 Å². The summed E-state index contributed by atoms with van der Waals surface area (Å²) in [5.74, 6) is 3.10. The Morgan fingerprint density at radius 3 is 3.00 bits per heavy atom. The maximum absolute atomic E-state index is 5.80. The van der Waals surface area contributed by atoms with E-state index in [0.717, 1.165) is 17.0 Å². The minimum atomic E-state index is 0.185. The van der Waals surface area contributed by atoms with Gasteiger partial charge in [0.05, 0.1) is 13.7 Å². The molecule has 0 bridgehead atoms. The number of oxazole rings is 1. The van der Waals surface area contributed by atoms with Gasteiger partial charge in [0.2, 0.25) is 18.4 Å². The van der Waals surface area contributed by atoms with Gasteiger partial charge in [-0.1, -0.05) is 0 Å². The van der Waals surface area contributed by atoms with Crippen LogP contribution < -0.4 is 14.2 Å². The molecule has 4 rings (SSSR count). The van der Waals surface area contributed by atoms with Crippen LogP contribution in [-0.4, -0.2) is 28.7 Å². The van der Waals surface area contributed by atoms with Crippen molar-refractivity contribution in [3.63, 3.8) is 0 Å². The van der Waals surface area contributed by atoms with E-state index in [1.165, 1.54) is 0 Å². The van der Waals surface area contributed by atoms with Gasteiger partial charge in [0.1, 0.15) is 11.5 Å². The highest BCUT2D eigenvalue weighted by molar-refractivity contribution is 5.66. The van der Waals surface area contributed by atoms with E-state index in [1.807, 2.05) is 31.3 Å². The Kier molecular flexibility index (Phi) is 3.18. The Morgan fingerprint density at radius 1 is 1.30 bits per heavy atom. The smallest absolute Gasteiger partial charge is 0.231 e. The summed E-state index contributed by atoms with van der Waals surface area (Å²) in [6.45, 7) is 2.63. The molecule has 0 saturated carbocycles. The zero-order valence-electron chi connectivity index (χ0n) is 12.8. The van der Waals surface area contributed by atoms with Gasteiger partial charge in [-0.3, -0.25) is 4.68 Å². The first-order chi connectivity index (χ1) is 11.2. The molecule has 3 heterocycles. The molecule has 0 fully saturated rings. The molecular formula is C16H15N3O4. The van der Waals surface area contributed by atoms with Crippen molar-refractivity contribution in [2.45, 2.75) is 13.5 Å². The molecule has 0 aliphatic carbocycles. The predicted octanol–water partition coefficient (Wildman–Crippen LogP) is 2.63. The lowest BCUT2D eigenvalue weighted by Gasteiger charge is -2.06. The molecule has 0 saturated heterocycles. The highest BCUT2D eigenvalue weighted by atomic mass is 16.7. The van der Waals surface area contributed by atoms with Crippen LogP contribution in [0.25, 0.3) is 11.5 Å². The third kappa shape index (κ3) is 2.40. The lowest BCUT2D eigenvalue weighted by molar-refractivity contribution is 0.171. The summed E-state index contributed by atoms with van der Waals surface area (Å²) in [4.78, 5) is 4.58. The molecule has 118 valence electrons. The number of rotatable bonds is 4. The first-order valence-electron chi connectivity index (χ1n) is 7.16. The van der Waals surface area contributed by atoms with Crippen LogP contribution in [-0.2, 0) is 6.54 Å². The Labute approximate surface area is 132 Å². The Bertz CT molecular complexity index is 839. The largest absolute Gasteiger partial charge is 0.493 e. The molecule has 3 aromatic rings. The predicted molar refractivity (Wildman–Crippen MR) is 80.7 cm³/mol. The number of nitrogens with zero attached hydrogens (tertiary/aromatic N) is 3. The van der Waals surface area contributed by atoms with Gasteiger partial charge in [0.25, 0.3) is 0 Å². The highest BCUT2D eigenvalue weighted by Crippen LogP contribution is 2.44. The average Bonchev–Trinajstić information content (AvgIpc) is 3.28. The summed E-state index contributed by atoms with van der Waals surface area (Å²) in [6.07, 6.45) is 3.62. The van der Waals surface area contributed by atoms with Gasteiger partial charge in [-0.05, 0) is 25.1 Å². The first-order valence-corrected chi connectivity index (χ1v) is 7.16. The average molecular weight is 313 g/mol. The lowest BCUT2D eigenvalue weighted by Crippen LogP contribution is -2.01.